The molecule has 2 aromatic rings. The van der Waals surface area contributed by atoms with Gasteiger partial charge in [0.25, 0.3) is 0 Å². The van der Waals surface area contributed by atoms with Gasteiger partial charge >= 0.3 is 5.97 Å². The third-order valence-electron chi connectivity index (χ3n) is 4.06. The topological polar surface area (TPSA) is 57.6 Å². The normalized spacial score (nSPS) is 11.8. The highest BCUT2D eigenvalue weighted by Gasteiger charge is 2.18. The number of carbonyl (C=O) groups is 2. The Hall–Kier alpha value is -2.62. The predicted octanol–water partition coefficient (Wildman–Crippen LogP) is 3.46. The number of nitrogens with zero attached hydrogens (tertiary/aromatic N) is 1. The lowest BCUT2D eigenvalue weighted by Gasteiger charge is -2.25. The minimum Gasteiger partial charge on any atom is -0.478 e. The van der Waals surface area contributed by atoms with Gasteiger partial charge in [-0.3, -0.25) is 4.79 Å². The number of amides is 1. The van der Waals surface area contributed by atoms with Gasteiger partial charge in [-0.05, 0) is 37.1 Å². The monoisotopic (exact) mass is 311 g/mol. The average molecular weight is 311 g/mol. The number of aromatic carboxylic acids is 1. The van der Waals surface area contributed by atoms with Crippen molar-refractivity contribution in [3.8, 4) is 0 Å². The van der Waals surface area contributed by atoms with Gasteiger partial charge in [0.1, 0.15) is 0 Å². The third-order valence-corrected chi connectivity index (χ3v) is 4.06. The minimum absolute atomic E-state index is 0.0363. The second-order valence-electron chi connectivity index (χ2n) is 5.77. The molecule has 0 fully saturated rings. The first-order valence-electron chi connectivity index (χ1n) is 7.53. The Kier molecular flexibility index (Phi) is 5.16. The van der Waals surface area contributed by atoms with Crippen LogP contribution < -0.4 is 0 Å². The SMILES string of the molecule is Cc1ccc(C(C)N(C)C(=O)Cc2cccc(C(=O)O)c2)cc1. The number of aryl methyl sites for hydroxylation is 1. The van der Waals surface area contributed by atoms with Crippen molar-refractivity contribution in [1.82, 2.24) is 4.90 Å². The molecule has 2 aromatic carbocycles. The highest BCUT2D eigenvalue weighted by atomic mass is 16.4. The number of hydrogen-bond donors (Lipinski definition) is 1. The highest BCUT2D eigenvalue weighted by molar-refractivity contribution is 5.88. The van der Waals surface area contributed by atoms with E-state index in [1.807, 2.05) is 38.1 Å². The Morgan fingerprint density at radius 3 is 2.39 bits per heavy atom. The van der Waals surface area contributed by atoms with E-state index in [0.29, 0.717) is 5.56 Å². The number of benzene rings is 2. The molecule has 4 nitrogen and oxygen atoms in total. The zero-order valence-electron chi connectivity index (χ0n) is 13.6. The fourth-order valence-electron chi connectivity index (χ4n) is 2.40. The van der Waals surface area contributed by atoms with Crippen LogP contribution in [0.3, 0.4) is 0 Å². The van der Waals surface area contributed by atoms with Gasteiger partial charge in [-0.2, -0.15) is 0 Å². The minimum atomic E-state index is -0.985. The van der Waals surface area contributed by atoms with Crippen molar-refractivity contribution in [2.75, 3.05) is 7.05 Å². The molecule has 0 bridgehead atoms. The average Bonchev–Trinajstić information content (AvgIpc) is 2.54. The van der Waals surface area contributed by atoms with Gasteiger partial charge in [0, 0.05) is 7.05 Å². The Bertz CT molecular complexity index is 707. The first kappa shape index (κ1) is 16.7. The molecule has 4 heteroatoms. The highest BCUT2D eigenvalue weighted by Crippen LogP contribution is 2.20. The summed E-state index contributed by atoms with van der Waals surface area (Å²) in [4.78, 5) is 25.1. The van der Waals surface area contributed by atoms with Gasteiger partial charge in [0.05, 0.1) is 18.0 Å². The molecule has 0 radical (unpaired) electrons. The van der Waals surface area contributed by atoms with E-state index in [0.717, 1.165) is 5.56 Å². The van der Waals surface area contributed by atoms with E-state index in [1.165, 1.54) is 11.6 Å². The lowest BCUT2D eigenvalue weighted by Crippen LogP contribution is -2.31. The Morgan fingerprint density at radius 1 is 1.13 bits per heavy atom. The van der Waals surface area contributed by atoms with Gasteiger partial charge in [-0.25, -0.2) is 4.79 Å². The van der Waals surface area contributed by atoms with E-state index in [9.17, 15) is 9.59 Å². The van der Waals surface area contributed by atoms with Crippen molar-refractivity contribution < 1.29 is 14.7 Å². The molecule has 120 valence electrons. The molecule has 0 spiro atoms. The van der Waals surface area contributed by atoms with E-state index >= 15 is 0 Å². The van der Waals surface area contributed by atoms with Crippen LogP contribution in [0.15, 0.2) is 48.5 Å². The third kappa shape index (κ3) is 4.19. The summed E-state index contributed by atoms with van der Waals surface area (Å²) in [5.41, 5.74) is 3.16. The number of carboxylic acids is 1. The zero-order chi connectivity index (χ0) is 17.0. The summed E-state index contributed by atoms with van der Waals surface area (Å²) in [6, 6.07) is 14.6. The molecule has 2 rings (SSSR count). The zero-order valence-corrected chi connectivity index (χ0v) is 13.6. The van der Waals surface area contributed by atoms with E-state index in [-0.39, 0.29) is 23.9 Å². The van der Waals surface area contributed by atoms with Crippen molar-refractivity contribution >= 4 is 11.9 Å². The lowest BCUT2D eigenvalue weighted by atomic mass is 10.0. The quantitative estimate of drug-likeness (QED) is 0.920. The van der Waals surface area contributed by atoms with Crippen LogP contribution in [0.4, 0.5) is 0 Å². The molecule has 0 aliphatic carbocycles. The second kappa shape index (κ2) is 7.09. The van der Waals surface area contributed by atoms with Crippen molar-refractivity contribution in [3.05, 3.63) is 70.8 Å². The Morgan fingerprint density at radius 2 is 1.78 bits per heavy atom. The summed E-state index contributed by atoms with van der Waals surface area (Å²) in [5, 5.41) is 9.02. The van der Waals surface area contributed by atoms with Crippen LogP contribution in [0.1, 0.15) is 40.0 Å². The summed E-state index contributed by atoms with van der Waals surface area (Å²) < 4.78 is 0. The molecular formula is C19H21NO3. The first-order valence-corrected chi connectivity index (χ1v) is 7.53. The number of likely N-dealkylation sites (N-methyl/N-ethyl adjacent to an activating group) is 1. The van der Waals surface area contributed by atoms with Crippen molar-refractivity contribution in [3.63, 3.8) is 0 Å². The molecule has 0 saturated heterocycles. The van der Waals surface area contributed by atoms with Crippen LogP contribution in [0.2, 0.25) is 0 Å². The number of rotatable bonds is 5. The summed E-state index contributed by atoms with van der Waals surface area (Å²) in [7, 11) is 1.77. The van der Waals surface area contributed by atoms with Crippen LogP contribution in [0.5, 0.6) is 0 Å². The molecule has 1 atom stereocenters. The van der Waals surface area contributed by atoms with Crippen LogP contribution in [-0.2, 0) is 11.2 Å². The lowest BCUT2D eigenvalue weighted by molar-refractivity contribution is -0.131. The van der Waals surface area contributed by atoms with Crippen LogP contribution in [0.25, 0.3) is 0 Å². The summed E-state index contributed by atoms with van der Waals surface area (Å²) in [5.74, 6) is -1.03. The van der Waals surface area contributed by atoms with Crippen molar-refractivity contribution in [2.45, 2.75) is 26.3 Å². The summed E-state index contributed by atoms with van der Waals surface area (Å²) in [6.07, 6.45) is 0.188. The van der Waals surface area contributed by atoms with Gasteiger partial charge in [-0.15, -0.1) is 0 Å². The van der Waals surface area contributed by atoms with E-state index < -0.39 is 5.97 Å². The van der Waals surface area contributed by atoms with Crippen LogP contribution in [0, 0.1) is 6.92 Å². The largest absolute Gasteiger partial charge is 0.478 e. The molecule has 1 N–H and O–H groups in total. The van der Waals surface area contributed by atoms with Gasteiger partial charge < -0.3 is 10.0 Å². The number of carboxylic acid groups (broad SMARTS) is 1. The summed E-state index contributed by atoms with van der Waals surface area (Å²) in [6.45, 7) is 4.01. The predicted molar refractivity (Wildman–Crippen MR) is 89.5 cm³/mol. The number of carbonyl (C=O) groups excluding carboxylic acids is 1. The molecule has 23 heavy (non-hydrogen) atoms. The van der Waals surface area contributed by atoms with Gasteiger partial charge in [0.15, 0.2) is 0 Å². The second-order valence-corrected chi connectivity index (χ2v) is 5.77. The smallest absolute Gasteiger partial charge is 0.335 e. The fourth-order valence-corrected chi connectivity index (χ4v) is 2.40. The standard InChI is InChI=1S/C19H21NO3/c1-13-7-9-16(10-8-13)14(2)20(3)18(21)12-15-5-4-6-17(11-15)19(22)23/h4-11,14H,12H2,1-3H3,(H,22,23). The molecular weight excluding hydrogens is 290 g/mol. The van der Waals surface area contributed by atoms with Gasteiger partial charge in [0.2, 0.25) is 5.91 Å². The van der Waals surface area contributed by atoms with E-state index in [1.54, 1.807) is 30.1 Å². The molecule has 0 aromatic heterocycles. The van der Waals surface area contributed by atoms with Crippen molar-refractivity contribution in [2.24, 2.45) is 0 Å². The molecule has 0 aliphatic rings. The van der Waals surface area contributed by atoms with Crippen LogP contribution >= 0.6 is 0 Å². The van der Waals surface area contributed by atoms with Gasteiger partial charge in [-0.1, -0.05) is 42.0 Å². The first-order chi connectivity index (χ1) is 10.9. The van der Waals surface area contributed by atoms with E-state index in [4.69, 9.17) is 5.11 Å². The fraction of sp³-hybridized carbons (Fsp3) is 0.263. The van der Waals surface area contributed by atoms with E-state index in [2.05, 4.69) is 0 Å². The molecule has 0 heterocycles. The maximum atomic E-state index is 12.5. The molecule has 1 unspecified atom stereocenters. The molecule has 0 aliphatic heterocycles. The molecule has 1 amide bonds. The number of hydrogen-bond acceptors (Lipinski definition) is 2. The maximum Gasteiger partial charge on any atom is 0.335 e. The Labute approximate surface area is 136 Å². The summed E-state index contributed by atoms with van der Waals surface area (Å²) >= 11 is 0. The Balaban J connectivity index is 2.09. The van der Waals surface area contributed by atoms with Crippen LogP contribution in [-0.4, -0.2) is 28.9 Å². The molecule has 0 saturated carbocycles. The maximum absolute atomic E-state index is 12.5. The van der Waals surface area contributed by atoms with Crippen molar-refractivity contribution in [1.29, 1.82) is 0 Å².